The fourth-order valence-electron chi connectivity index (χ4n) is 3.52. The zero-order valence-corrected chi connectivity index (χ0v) is 19.7. The Morgan fingerprint density at radius 2 is 1.81 bits per heavy atom. The lowest BCUT2D eigenvalue weighted by Gasteiger charge is -2.30. The molecule has 0 aromatic heterocycles. The molecular weight excluding hydrogens is 428 g/mol. The maximum atomic E-state index is 13.3. The lowest BCUT2D eigenvalue weighted by Crippen LogP contribution is -2.49. The number of benzene rings is 2. The predicted octanol–water partition coefficient (Wildman–Crippen LogP) is 4.38. The molecule has 7 heteroatoms. The molecule has 1 heterocycles. The molecule has 2 amide bonds. The van der Waals surface area contributed by atoms with Gasteiger partial charge in [0.1, 0.15) is 19.3 Å². The highest BCUT2D eigenvalue weighted by atomic mass is 35.5. The fourth-order valence-corrected chi connectivity index (χ4v) is 3.73. The van der Waals surface area contributed by atoms with Crippen LogP contribution in [0.4, 0.5) is 0 Å². The molecule has 0 spiro atoms. The first-order chi connectivity index (χ1) is 15.4. The van der Waals surface area contributed by atoms with Gasteiger partial charge < -0.3 is 19.7 Å². The summed E-state index contributed by atoms with van der Waals surface area (Å²) in [7, 11) is 0. The molecule has 1 aliphatic rings. The van der Waals surface area contributed by atoms with Crippen molar-refractivity contribution in [2.24, 2.45) is 0 Å². The maximum Gasteiger partial charge on any atom is 0.242 e. The lowest BCUT2D eigenvalue weighted by molar-refractivity contribution is -0.140. The van der Waals surface area contributed by atoms with Gasteiger partial charge in [-0.1, -0.05) is 36.7 Å². The van der Waals surface area contributed by atoms with Crippen molar-refractivity contribution in [3.8, 4) is 11.5 Å². The van der Waals surface area contributed by atoms with E-state index in [1.807, 2.05) is 50.2 Å². The zero-order chi connectivity index (χ0) is 23.1. The van der Waals surface area contributed by atoms with Crippen LogP contribution in [0.25, 0.3) is 0 Å². The van der Waals surface area contributed by atoms with E-state index >= 15 is 0 Å². The predicted molar refractivity (Wildman–Crippen MR) is 125 cm³/mol. The van der Waals surface area contributed by atoms with Gasteiger partial charge in [0, 0.05) is 24.0 Å². The van der Waals surface area contributed by atoms with E-state index in [1.165, 1.54) is 0 Å². The summed E-state index contributed by atoms with van der Waals surface area (Å²) in [5.41, 5.74) is 1.87. The molecule has 2 aromatic carbocycles. The number of ether oxygens (including phenoxy) is 2. The van der Waals surface area contributed by atoms with E-state index in [2.05, 4.69) is 5.32 Å². The number of nitrogens with one attached hydrogen (secondary N) is 1. The minimum absolute atomic E-state index is 0.0470. The quantitative estimate of drug-likeness (QED) is 0.605. The summed E-state index contributed by atoms with van der Waals surface area (Å²) < 4.78 is 11.2. The second-order valence-corrected chi connectivity index (χ2v) is 8.56. The van der Waals surface area contributed by atoms with Gasteiger partial charge in [-0.15, -0.1) is 0 Å². The Hall–Kier alpha value is -2.73. The van der Waals surface area contributed by atoms with Crippen molar-refractivity contribution in [3.63, 3.8) is 0 Å². The summed E-state index contributed by atoms with van der Waals surface area (Å²) in [6, 6.07) is 12.6. The third-order valence-corrected chi connectivity index (χ3v) is 5.88. The van der Waals surface area contributed by atoms with Crippen LogP contribution in [0.15, 0.2) is 42.5 Å². The molecule has 1 aliphatic heterocycles. The molecule has 1 N–H and O–H groups in total. The van der Waals surface area contributed by atoms with Crippen molar-refractivity contribution in [1.82, 2.24) is 10.2 Å². The van der Waals surface area contributed by atoms with Gasteiger partial charge in [-0.2, -0.15) is 0 Å². The standard InChI is InChI=1S/C25H31ClN2O4/c1-4-17(2)27-25(30)18(3)28(16-20-6-5-7-21(26)14-20)24(29)11-9-19-8-10-22-23(15-19)32-13-12-31-22/h5-8,10,14-15,17-18H,4,9,11-13,16H2,1-3H3,(H,27,30). The highest BCUT2D eigenvalue weighted by Crippen LogP contribution is 2.31. The number of carbonyl (C=O) groups excluding carboxylic acids is 2. The Kier molecular flexibility index (Phi) is 8.39. The Labute approximate surface area is 194 Å². The lowest BCUT2D eigenvalue weighted by atomic mass is 10.1. The minimum Gasteiger partial charge on any atom is -0.486 e. The number of nitrogens with zero attached hydrogens (tertiary/aromatic N) is 1. The largest absolute Gasteiger partial charge is 0.486 e. The smallest absolute Gasteiger partial charge is 0.242 e. The van der Waals surface area contributed by atoms with Gasteiger partial charge in [0.15, 0.2) is 11.5 Å². The van der Waals surface area contributed by atoms with Gasteiger partial charge in [0.05, 0.1) is 0 Å². The van der Waals surface area contributed by atoms with Gasteiger partial charge in [-0.25, -0.2) is 0 Å². The van der Waals surface area contributed by atoms with Gasteiger partial charge in [-0.05, 0) is 62.1 Å². The van der Waals surface area contributed by atoms with E-state index in [-0.39, 0.29) is 24.3 Å². The van der Waals surface area contributed by atoms with Crippen LogP contribution >= 0.6 is 11.6 Å². The van der Waals surface area contributed by atoms with E-state index in [9.17, 15) is 9.59 Å². The van der Waals surface area contributed by atoms with Gasteiger partial charge in [0.25, 0.3) is 0 Å². The van der Waals surface area contributed by atoms with Crippen LogP contribution in [-0.2, 0) is 22.6 Å². The number of aryl methyl sites for hydroxylation is 1. The molecule has 0 aliphatic carbocycles. The number of fused-ring (bicyclic) bond motifs is 1. The summed E-state index contributed by atoms with van der Waals surface area (Å²) >= 11 is 6.13. The topological polar surface area (TPSA) is 67.9 Å². The monoisotopic (exact) mass is 458 g/mol. The van der Waals surface area contributed by atoms with Crippen LogP contribution in [0, 0.1) is 0 Å². The van der Waals surface area contributed by atoms with Crippen LogP contribution in [0.3, 0.4) is 0 Å². The number of rotatable bonds is 9. The number of carbonyl (C=O) groups is 2. The highest BCUT2D eigenvalue weighted by molar-refractivity contribution is 6.30. The summed E-state index contributed by atoms with van der Waals surface area (Å²) in [4.78, 5) is 27.7. The van der Waals surface area contributed by atoms with Crippen LogP contribution in [0.2, 0.25) is 5.02 Å². The molecule has 0 saturated heterocycles. The van der Waals surface area contributed by atoms with Crippen LogP contribution < -0.4 is 14.8 Å². The molecule has 3 rings (SSSR count). The second-order valence-electron chi connectivity index (χ2n) is 8.12. The molecule has 0 radical (unpaired) electrons. The number of halogens is 1. The third kappa shape index (κ3) is 6.39. The molecule has 2 atom stereocenters. The Bertz CT molecular complexity index is 949. The average molecular weight is 459 g/mol. The first-order valence-corrected chi connectivity index (χ1v) is 11.5. The number of amides is 2. The molecular formula is C25H31ClN2O4. The van der Waals surface area contributed by atoms with Gasteiger partial charge in [-0.3, -0.25) is 9.59 Å². The van der Waals surface area contributed by atoms with E-state index < -0.39 is 6.04 Å². The molecule has 0 saturated carbocycles. The first kappa shape index (κ1) is 23.9. The maximum absolute atomic E-state index is 13.3. The molecule has 0 fully saturated rings. The molecule has 172 valence electrons. The van der Waals surface area contributed by atoms with E-state index in [0.717, 1.165) is 23.3 Å². The van der Waals surface area contributed by atoms with Crippen molar-refractivity contribution in [3.05, 3.63) is 58.6 Å². The van der Waals surface area contributed by atoms with Crippen LogP contribution in [0.1, 0.15) is 44.7 Å². The second kappa shape index (κ2) is 11.2. The normalized spacial score (nSPS) is 14.4. The van der Waals surface area contributed by atoms with Crippen molar-refractivity contribution in [1.29, 1.82) is 0 Å². The van der Waals surface area contributed by atoms with Crippen molar-refractivity contribution >= 4 is 23.4 Å². The first-order valence-electron chi connectivity index (χ1n) is 11.1. The average Bonchev–Trinajstić information content (AvgIpc) is 2.80. The molecule has 0 bridgehead atoms. The van der Waals surface area contributed by atoms with Gasteiger partial charge >= 0.3 is 0 Å². The minimum atomic E-state index is -0.601. The molecule has 2 aromatic rings. The Balaban J connectivity index is 1.72. The van der Waals surface area contributed by atoms with E-state index in [0.29, 0.717) is 37.0 Å². The van der Waals surface area contributed by atoms with Gasteiger partial charge in [0.2, 0.25) is 11.8 Å². The fraction of sp³-hybridized carbons (Fsp3) is 0.440. The Morgan fingerprint density at radius 3 is 2.53 bits per heavy atom. The molecule has 6 nitrogen and oxygen atoms in total. The Morgan fingerprint density at radius 1 is 1.06 bits per heavy atom. The zero-order valence-electron chi connectivity index (χ0n) is 18.9. The summed E-state index contributed by atoms with van der Waals surface area (Å²) in [5, 5.41) is 3.58. The van der Waals surface area contributed by atoms with Crippen LogP contribution in [-0.4, -0.2) is 42.0 Å². The van der Waals surface area contributed by atoms with Crippen molar-refractivity contribution in [2.45, 2.75) is 58.7 Å². The summed E-state index contributed by atoms with van der Waals surface area (Å²) in [5.74, 6) is 1.18. The third-order valence-electron chi connectivity index (χ3n) is 5.64. The SMILES string of the molecule is CCC(C)NC(=O)C(C)N(Cc1cccc(Cl)c1)C(=O)CCc1ccc2c(c1)OCCO2. The number of hydrogen-bond acceptors (Lipinski definition) is 4. The van der Waals surface area contributed by atoms with Crippen molar-refractivity contribution in [2.75, 3.05) is 13.2 Å². The van der Waals surface area contributed by atoms with E-state index in [4.69, 9.17) is 21.1 Å². The number of hydrogen-bond donors (Lipinski definition) is 1. The highest BCUT2D eigenvalue weighted by Gasteiger charge is 2.26. The summed E-state index contributed by atoms with van der Waals surface area (Å²) in [6.07, 6.45) is 1.65. The van der Waals surface area contributed by atoms with Crippen LogP contribution in [0.5, 0.6) is 11.5 Å². The van der Waals surface area contributed by atoms with E-state index in [1.54, 1.807) is 17.9 Å². The molecule has 2 unspecified atom stereocenters. The summed E-state index contributed by atoms with van der Waals surface area (Å²) in [6.45, 7) is 7.11. The molecule has 32 heavy (non-hydrogen) atoms. The van der Waals surface area contributed by atoms with Crippen molar-refractivity contribution < 1.29 is 19.1 Å².